The lowest BCUT2D eigenvalue weighted by Crippen LogP contribution is -2.45. The Labute approximate surface area is 225 Å². The number of furan rings is 1. The van der Waals surface area contributed by atoms with Gasteiger partial charge in [-0.05, 0) is 55.8 Å². The molecule has 0 aliphatic carbocycles. The van der Waals surface area contributed by atoms with E-state index in [0.29, 0.717) is 22.9 Å². The molecule has 0 bridgehead atoms. The Hall–Kier alpha value is -4.90. The minimum absolute atomic E-state index is 0.122. The van der Waals surface area contributed by atoms with Gasteiger partial charge in [0.25, 0.3) is 5.56 Å². The third-order valence-corrected chi connectivity index (χ3v) is 7.47. The molecule has 3 aromatic heterocycles. The first kappa shape index (κ1) is 24.4. The fraction of sp³-hybridized carbons (Fsp3) is 0.143. The second-order valence-electron chi connectivity index (χ2n) is 9.01. The summed E-state index contributed by atoms with van der Waals surface area (Å²) in [6.07, 6.45) is 3.15. The quantitative estimate of drug-likeness (QED) is 0.252. The van der Waals surface area contributed by atoms with Crippen LogP contribution in [-0.2, 0) is 14.4 Å². The molecule has 10 nitrogen and oxygen atoms in total. The van der Waals surface area contributed by atoms with Crippen molar-refractivity contribution < 1.29 is 18.8 Å². The number of rotatable bonds is 5. The predicted molar refractivity (Wildman–Crippen MR) is 147 cm³/mol. The monoisotopic (exact) mass is 539 g/mol. The van der Waals surface area contributed by atoms with Crippen LogP contribution in [0, 0.1) is 6.92 Å². The van der Waals surface area contributed by atoms with Crippen LogP contribution < -0.4 is 16.2 Å². The standard InChI is InChI=1S/C28H21N5O5S/c1-15-29-18-6-4-7-19(25(18)28(37)33(15)20-11-14-24(35)32-26(20)36)30-23(34)13-10-16-9-12-21(38-16)27-31-17-5-2-3-8-22(17)39-27/h2-10,12-13,20H,11,14H2,1H3,(H,30,34)(H,32,35,36). The number of piperidine rings is 1. The first-order valence-corrected chi connectivity index (χ1v) is 13.0. The number of nitrogens with one attached hydrogen (secondary N) is 2. The van der Waals surface area contributed by atoms with Gasteiger partial charge in [0.2, 0.25) is 17.7 Å². The van der Waals surface area contributed by atoms with E-state index in [2.05, 4.69) is 20.6 Å². The molecule has 3 amide bonds. The zero-order chi connectivity index (χ0) is 27.1. The van der Waals surface area contributed by atoms with E-state index in [4.69, 9.17) is 4.42 Å². The van der Waals surface area contributed by atoms with Crippen molar-refractivity contribution in [3.63, 3.8) is 0 Å². The zero-order valence-electron chi connectivity index (χ0n) is 20.6. The number of aromatic nitrogens is 3. The third kappa shape index (κ3) is 4.64. The summed E-state index contributed by atoms with van der Waals surface area (Å²) >= 11 is 1.52. The van der Waals surface area contributed by atoms with Crippen LogP contribution in [0.1, 0.15) is 30.5 Å². The summed E-state index contributed by atoms with van der Waals surface area (Å²) in [5, 5.41) is 5.92. The Morgan fingerprint density at radius 3 is 2.72 bits per heavy atom. The van der Waals surface area contributed by atoms with E-state index in [1.807, 2.05) is 24.3 Å². The Balaban J connectivity index is 1.25. The highest BCUT2D eigenvalue weighted by Crippen LogP contribution is 2.31. The lowest BCUT2D eigenvalue weighted by molar-refractivity contribution is -0.135. The number of carbonyl (C=O) groups is 3. The number of nitrogens with zero attached hydrogens (tertiary/aromatic N) is 3. The lowest BCUT2D eigenvalue weighted by Gasteiger charge is -2.24. The maximum Gasteiger partial charge on any atom is 0.264 e. The molecular weight excluding hydrogens is 518 g/mol. The maximum absolute atomic E-state index is 13.5. The number of imide groups is 1. The summed E-state index contributed by atoms with van der Waals surface area (Å²) < 4.78 is 8.19. The van der Waals surface area contributed by atoms with Gasteiger partial charge in [-0.15, -0.1) is 11.3 Å². The number of aryl methyl sites for hydroxylation is 1. The molecule has 5 aromatic rings. The molecule has 11 heteroatoms. The first-order chi connectivity index (χ1) is 18.9. The molecule has 194 valence electrons. The molecule has 0 saturated carbocycles. The topological polar surface area (TPSA) is 136 Å². The first-order valence-electron chi connectivity index (χ1n) is 12.2. The van der Waals surface area contributed by atoms with Gasteiger partial charge in [-0.1, -0.05) is 18.2 Å². The molecule has 2 N–H and O–H groups in total. The van der Waals surface area contributed by atoms with E-state index in [-0.39, 0.29) is 29.8 Å². The highest BCUT2D eigenvalue weighted by atomic mass is 32.1. The minimum Gasteiger partial charge on any atom is -0.454 e. The highest BCUT2D eigenvalue weighted by Gasteiger charge is 2.30. The van der Waals surface area contributed by atoms with Gasteiger partial charge < -0.3 is 9.73 Å². The van der Waals surface area contributed by atoms with Crippen molar-refractivity contribution in [2.75, 3.05) is 5.32 Å². The molecule has 1 unspecified atom stereocenters. The van der Waals surface area contributed by atoms with Gasteiger partial charge in [0, 0.05) is 12.5 Å². The van der Waals surface area contributed by atoms with Crippen LogP contribution in [0.3, 0.4) is 0 Å². The molecule has 1 aliphatic heterocycles. The molecule has 0 radical (unpaired) electrons. The van der Waals surface area contributed by atoms with Crippen molar-refractivity contribution in [3.8, 4) is 10.8 Å². The minimum atomic E-state index is -0.862. The Kier molecular flexibility index (Phi) is 6.12. The third-order valence-electron chi connectivity index (χ3n) is 6.42. The molecule has 1 fully saturated rings. The predicted octanol–water partition coefficient (Wildman–Crippen LogP) is 4.20. The fourth-order valence-electron chi connectivity index (χ4n) is 4.62. The normalized spacial score (nSPS) is 15.8. The molecule has 2 aromatic carbocycles. The summed E-state index contributed by atoms with van der Waals surface area (Å²) in [7, 11) is 0. The molecule has 1 atom stereocenters. The lowest BCUT2D eigenvalue weighted by atomic mass is 10.1. The number of thiazole rings is 1. The van der Waals surface area contributed by atoms with Gasteiger partial charge in [0.1, 0.15) is 17.6 Å². The Bertz CT molecular complexity index is 1850. The van der Waals surface area contributed by atoms with Crippen molar-refractivity contribution in [2.24, 2.45) is 0 Å². The summed E-state index contributed by atoms with van der Waals surface area (Å²) in [6.45, 7) is 1.63. The van der Waals surface area contributed by atoms with Gasteiger partial charge >= 0.3 is 0 Å². The second-order valence-corrected chi connectivity index (χ2v) is 10.0. The fourth-order valence-corrected chi connectivity index (χ4v) is 5.55. The Morgan fingerprint density at radius 1 is 1.08 bits per heavy atom. The number of anilines is 1. The molecule has 4 heterocycles. The molecule has 0 spiro atoms. The smallest absolute Gasteiger partial charge is 0.264 e. The molecule has 1 saturated heterocycles. The van der Waals surface area contributed by atoms with Crippen LogP contribution in [0.15, 0.2) is 69.9 Å². The van der Waals surface area contributed by atoms with Crippen molar-refractivity contribution in [1.82, 2.24) is 19.9 Å². The molecule has 6 rings (SSSR count). The Morgan fingerprint density at radius 2 is 1.90 bits per heavy atom. The van der Waals surface area contributed by atoms with Crippen LogP contribution in [0.5, 0.6) is 0 Å². The summed E-state index contributed by atoms with van der Waals surface area (Å²) in [5.41, 5.74) is 1.06. The maximum atomic E-state index is 13.5. The van der Waals surface area contributed by atoms with E-state index >= 15 is 0 Å². The van der Waals surface area contributed by atoms with Gasteiger partial charge in [-0.3, -0.25) is 29.1 Å². The average Bonchev–Trinajstić information content (AvgIpc) is 3.56. The number of carbonyl (C=O) groups excluding carboxylic acids is 3. The largest absolute Gasteiger partial charge is 0.454 e. The number of benzene rings is 2. The van der Waals surface area contributed by atoms with Gasteiger partial charge in [-0.2, -0.15) is 0 Å². The second kappa shape index (κ2) is 9.76. The summed E-state index contributed by atoms with van der Waals surface area (Å²) in [6, 6.07) is 15.4. The van der Waals surface area contributed by atoms with Crippen LogP contribution in [0.25, 0.3) is 38.0 Å². The van der Waals surface area contributed by atoms with Crippen molar-refractivity contribution >= 4 is 61.9 Å². The van der Waals surface area contributed by atoms with E-state index in [9.17, 15) is 19.2 Å². The van der Waals surface area contributed by atoms with Gasteiger partial charge in [-0.25, -0.2) is 9.97 Å². The van der Waals surface area contributed by atoms with Crippen molar-refractivity contribution in [2.45, 2.75) is 25.8 Å². The van der Waals surface area contributed by atoms with E-state index in [1.165, 1.54) is 28.1 Å². The van der Waals surface area contributed by atoms with E-state index < -0.39 is 23.4 Å². The molecule has 39 heavy (non-hydrogen) atoms. The number of fused-ring (bicyclic) bond motifs is 2. The van der Waals surface area contributed by atoms with Crippen molar-refractivity contribution in [1.29, 1.82) is 0 Å². The van der Waals surface area contributed by atoms with Crippen LogP contribution >= 0.6 is 11.3 Å². The van der Waals surface area contributed by atoms with Crippen LogP contribution in [0.4, 0.5) is 5.69 Å². The zero-order valence-corrected chi connectivity index (χ0v) is 21.5. The number of para-hydroxylation sites is 1. The average molecular weight is 540 g/mol. The van der Waals surface area contributed by atoms with Crippen molar-refractivity contribution in [3.05, 3.63) is 82.6 Å². The number of hydrogen-bond acceptors (Lipinski definition) is 8. The highest BCUT2D eigenvalue weighted by molar-refractivity contribution is 7.21. The molecular formula is C28H21N5O5S. The van der Waals surface area contributed by atoms with E-state index in [0.717, 1.165) is 15.2 Å². The molecule has 1 aliphatic rings. The van der Waals surface area contributed by atoms with Gasteiger partial charge in [0.05, 0.1) is 26.8 Å². The van der Waals surface area contributed by atoms with E-state index in [1.54, 1.807) is 37.3 Å². The number of amides is 3. The number of hydrogen-bond donors (Lipinski definition) is 2. The van der Waals surface area contributed by atoms with Crippen LogP contribution in [-0.4, -0.2) is 32.3 Å². The van der Waals surface area contributed by atoms with Gasteiger partial charge in [0.15, 0.2) is 10.8 Å². The summed E-state index contributed by atoms with van der Waals surface area (Å²) in [4.78, 5) is 59.4. The SMILES string of the molecule is Cc1nc2cccc(NC(=O)C=Cc3ccc(-c4nc5ccccc5s4)o3)c2c(=O)n1C1CCC(=O)NC1=O. The summed E-state index contributed by atoms with van der Waals surface area (Å²) in [5.74, 6) is 0.000545. The van der Waals surface area contributed by atoms with Crippen LogP contribution in [0.2, 0.25) is 0 Å².